The highest BCUT2D eigenvalue weighted by Gasteiger charge is 2.21. The molecule has 3 unspecified atom stereocenters. The number of benzene rings is 1. The maximum absolute atomic E-state index is 6.34. The lowest BCUT2D eigenvalue weighted by atomic mass is 9.96. The molecule has 3 nitrogen and oxygen atoms in total. The maximum Gasteiger partial charge on any atom is 0.123 e. The van der Waals surface area contributed by atoms with Crippen molar-refractivity contribution in [3.8, 4) is 5.75 Å². The van der Waals surface area contributed by atoms with Crippen LogP contribution in [0.2, 0.25) is 0 Å². The minimum absolute atomic E-state index is 0.113. The van der Waals surface area contributed by atoms with Gasteiger partial charge in [-0.15, -0.1) is 0 Å². The van der Waals surface area contributed by atoms with E-state index >= 15 is 0 Å². The highest BCUT2D eigenvalue weighted by atomic mass is 16.5. The topological polar surface area (TPSA) is 44.5 Å². The summed E-state index contributed by atoms with van der Waals surface area (Å²) in [5.74, 6) is 1.03. The third kappa shape index (κ3) is 3.15. The lowest BCUT2D eigenvalue weighted by Crippen LogP contribution is -2.21. The lowest BCUT2D eigenvalue weighted by Gasteiger charge is -2.24. The molecule has 1 aromatic carbocycles. The first-order valence-electron chi connectivity index (χ1n) is 7.89. The van der Waals surface area contributed by atoms with Crippen LogP contribution in [0.25, 0.3) is 0 Å². The molecule has 0 aliphatic carbocycles. The van der Waals surface area contributed by atoms with Gasteiger partial charge in [0.05, 0.1) is 6.10 Å². The van der Waals surface area contributed by atoms with Crippen molar-refractivity contribution in [1.29, 1.82) is 0 Å². The maximum atomic E-state index is 6.34. The summed E-state index contributed by atoms with van der Waals surface area (Å²) in [6.07, 6.45) is 7.51. The molecule has 0 spiro atoms. The Morgan fingerprint density at radius 2 is 2.25 bits per heavy atom. The van der Waals surface area contributed by atoms with Gasteiger partial charge in [0.15, 0.2) is 0 Å². The predicted octanol–water partition coefficient (Wildman–Crippen LogP) is 3.36. The van der Waals surface area contributed by atoms with Crippen molar-refractivity contribution in [2.45, 2.75) is 63.7 Å². The number of ether oxygens (including phenoxy) is 2. The van der Waals surface area contributed by atoms with Crippen molar-refractivity contribution in [1.82, 2.24) is 0 Å². The molecule has 2 N–H and O–H groups in total. The van der Waals surface area contributed by atoms with E-state index in [9.17, 15) is 0 Å². The van der Waals surface area contributed by atoms with Gasteiger partial charge < -0.3 is 15.2 Å². The monoisotopic (exact) mass is 275 g/mol. The van der Waals surface area contributed by atoms with Gasteiger partial charge in [-0.1, -0.05) is 12.1 Å². The summed E-state index contributed by atoms with van der Waals surface area (Å²) in [6, 6.07) is 6.53. The summed E-state index contributed by atoms with van der Waals surface area (Å²) >= 11 is 0. The van der Waals surface area contributed by atoms with E-state index in [-0.39, 0.29) is 6.04 Å². The van der Waals surface area contributed by atoms with Gasteiger partial charge in [0, 0.05) is 19.1 Å². The van der Waals surface area contributed by atoms with E-state index in [0.717, 1.165) is 31.6 Å². The van der Waals surface area contributed by atoms with E-state index in [0.29, 0.717) is 12.2 Å². The summed E-state index contributed by atoms with van der Waals surface area (Å²) in [7, 11) is 0. The Bertz CT molecular complexity index is 454. The molecule has 3 rings (SSSR count). The molecule has 1 saturated heterocycles. The number of hydrogen-bond donors (Lipinski definition) is 1. The molecule has 3 heteroatoms. The Morgan fingerprint density at radius 3 is 3.05 bits per heavy atom. The summed E-state index contributed by atoms with van der Waals surface area (Å²) in [5, 5.41) is 0. The summed E-state index contributed by atoms with van der Waals surface area (Å²) in [6.45, 7) is 3.04. The van der Waals surface area contributed by atoms with Crippen LogP contribution in [0, 0.1) is 0 Å². The fraction of sp³-hybridized carbons (Fsp3) is 0.647. The third-order valence-electron chi connectivity index (χ3n) is 4.42. The molecule has 2 heterocycles. The molecule has 0 aromatic heterocycles. The fourth-order valence-electron chi connectivity index (χ4n) is 3.24. The minimum atomic E-state index is 0.113. The molecular weight excluding hydrogens is 250 g/mol. The van der Waals surface area contributed by atoms with Crippen molar-refractivity contribution in [2.24, 2.45) is 5.73 Å². The predicted molar refractivity (Wildman–Crippen MR) is 80.0 cm³/mol. The van der Waals surface area contributed by atoms with Crippen molar-refractivity contribution >= 4 is 0 Å². The second-order valence-corrected chi connectivity index (χ2v) is 6.17. The van der Waals surface area contributed by atoms with Crippen molar-refractivity contribution in [3.63, 3.8) is 0 Å². The van der Waals surface area contributed by atoms with Crippen LogP contribution in [0.5, 0.6) is 5.75 Å². The first kappa shape index (κ1) is 13.9. The van der Waals surface area contributed by atoms with Gasteiger partial charge >= 0.3 is 0 Å². The van der Waals surface area contributed by atoms with Crippen LogP contribution in [0.4, 0.5) is 0 Å². The summed E-state index contributed by atoms with van der Waals surface area (Å²) in [5.41, 5.74) is 8.88. The Balaban J connectivity index is 1.57. The molecule has 0 radical (unpaired) electrons. The summed E-state index contributed by atoms with van der Waals surface area (Å²) < 4.78 is 11.5. The standard InChI is InChI=1S/C17H25NO2/c1-12-10-14-11-13(5-8-17(14)20-12)16(18)7-6-15-4-2-3-9-19-15/h5,8,11-12,15-16H,2-4,6-7,9-10,18H2,1H3. The lowest BCUT2D eigenvalue weighted by molar-refractivity contribution is 0.00912. The zero-order valence-corrected chi connectivity index (χ0v) is 12.3. The first-order valence-corrected chi connectivity index (χ1v) is 7.89. The molecule has 2 aliphatic heterocycles. The Hall–Kier alpha value is -1.06. The molecule has 3 atom stereocenters. The molecule has 0 saturated carbocycles. The number of rotatable bonds is 4. The van der Waals surface area contributed by atoms with Gasteiger partial charge in [-0.3, -0.25) is 0 Å². The quantitative estimate of drug-likeness (QED) is 0.916. The molecule has 110 valence electrons. The largest absolute Gasteiger partial charge is 0.490 e. The average molecular weight is 275 g/mol. The highest BCUT2D eigenvalue weighted by Crippen LogP contribution is 2.32. The van der Waals surface area contributed by atoms with Crippen LogP contribution >= 0.6 is 0 Å². The van der Waals surface area contributed by atoms with Crippen LogP contribution < -0.4 is 10.5 Å². The van der Waals surface area contributed by atoms with E-state index in [4.69, 9.17) is 15.2 Å². The van der Waals surface area contributed by atoms with Gasteiger partial charge in [-0.25, -0.2) is 0 Å². The van der Waals surface area contributed by atoms with Crippen LogP contribution in [-0.2, 0) is 11.2 Å². The first-order chi connectivity index (χ1) is 9.72. The van der Waals surface area contributed by atoms with Crippen LogP contribution in [0.3, 0.4) is 0 Å². The zero-order valence-electron chi connectivity index (χ0n) is 12.3. The van der Waals surface area contributed by atoms with Crippen molar-refractivity contribution in [2.75, 3.05) is 6.61 Å². The third-order valence-corrected chi connectivity index (χ3v) is 4.42. The van der Waals surface area contributed by atoms with E-state index in [1.54, 1.807) is 0 Å². The fourth-order valence-corrected chi connectivity index (χ4v) is 3.24. The van der Waals surface area contributed by atoms with Gasteiger partial charge in [-0.2, -0.15) is 0 Å². The van der Waals surface area contributed by atoms with Gasteiger partial charge in [0.25, 0.3) is 0 Å². The van der Waals surface area contributed by atoms with E-state index in [1.807, 2.05) is 0 Å². The second kappa shape index (κ2) is 6.15. The number of nitrogens with two attached hydrogens (primary N) is 1. The second-order valence-electron chi connectivity index (χ2n) is 6.17. The van der Waals surface area contributed by atoms with Crippen molar-refractivity contribution < 1.29 is 9.47 Å². The molecule has 1 fully saturated rings. The van der Waals surface area contributed by atoms with Crippen LogP contribution in [-0.4, -0.2) is 18.8 Å². The van der Waals surface area contributed by atoms with Gasteiger partial charge in [0.2, 0.25) is 0 Å². The molecule has 20 heavy (non-hydrogen) atoms. The zero-order chi connectivity index (χ0) is 13.9. The van der Waals surface area contributed by atoms with Crippen LogP contribution in [0.15, 0.2) is 18.2 Å². The minimum Gasteiger partial charge on any atom is -0.490 e. The van der Waals surface area contributed by atoms with E-state index < -0.39 is 0 Å². The molecule has 0 amide bonds. The SMILES string of the molecule is CC1Cc2cc(C(N)CCC3CCCCO3)ccc2O1. The number of hydrogen-bond acceptors (Lipinski definition) is 3. The highest BCUT2D eigenvalue weighted by molar-refractivity contribution is 5.41. The smallest absolute Gasteiger partial charge is 0.123 e. The van der Waals surface area contributed by atoms with E-state index in [2.05, 4.69) is 25.1 Å². The van der Waals surface area contributed by atoms with Crippen LogP contribution in [0.1, 0.15) is 56.2 Å². The normalized spacial score (nSPS) is 26.9. The number of fused-ring (bicyclic) bond motifs is 1. The summed E-state index contributed by atoms with van der Waals surface area (Å²) in [4.78, 5) is 0. The molecular formula is C17H25NO2. The molecule has 0 bridgehead atoms. The Labute approximate surface area is 121 Å². The Morgan fingerprint density at radius 1 is 1.35 bits per heavy atom. The van der Waals surface area contributed by atoms with E-state index in [1.165, 1.54) is 30.4 Å². The van der Waals surface area contributed by atoms with Gasteiger partial charge in [-0.05, 0) is 56.2 Å². The molecule has 2 aliphatic rings. The van der Waals surface area contributed by atoms with Gasteiger partial charge in [0.1, 0.15) is 11.9 Å². The Kier molecular flexibility index (Phi) is 4.27. The van der Waals surface area contributed by atoms with Crippen molar-refractivity contribution in [3.05, 3.63) is 29.3 Å². The average Bonchev–Trinajstić information content (AvgIpc) is 2.85. The molecule has 1 aromatic rings.